The molecule has 5 rings (SSSR count). The third kappa shape index (κ3) is 5.21. The summed E-state index contributed by atoms with van der Waals surface area (Å²) in [6.07, 6.45) is 6.02. The van der Waals surface area contributed by atoms with Crippen LogP contribution in [0.4, 0.5) is 0 Å². The van der Waals surface area contributed by atoms with Gasteiger partial charge in [-0.05, 0) is 54.8 Å². The van der Waals surface area contributed by atoms with Gasteiger partial charge in [0.15, 0.2) is 0 Å². The van der Waals surface area contributed by atoms with Gasteiger partial charge in [0.25, 0.3) is 5.91 Å². The molecule has 3 aromatic rings. The van der Waals surface area contributed by atoms with Crippen molar-refractivity contribution in [1.29, 1.82) is 0 Å². The minimum absolute atomic E-state index is 0.0927. The molecule has 0 bridgehead atoms. The highest BCUT2D eigenvalue weighted by Gasteiger charge is 2.36. The van der Waals surface area contributed by atoms with E-state index in [0.29, 0.717) is 30.3 Å². The lowest BCUT2D eigenvalue weighted by molar-refractivity contribution is -0.135. The fourth-order valence-electron chi connectivity index (χ4n) is 4.41. The van der Waals surface area contributed by atoms with Gasteiger partial charge in [-0.25, -0.2) is 5.01 Å². The Labute approximate surface area is 197 Å². The van der Waals surface area contributed by atoms with Crippen LogP contribution in [-0.2, 0) is 16.1 Å². The Hall–Kier alpha value is -2.87. The van der Waals surface area contributed by atoms with Gasteiger partial charge in [-0.2, -0.15) is 5.10 Å². The Kier molecular flexibility index (Phi) is 6.62. The molecule has 1 fully saturated rings. The van der Waals surface area contributed by atoms with Gasteiger partial charge in [-0.15, -0.1) is 0 Å². The van der Waals surface area contributed by atoms with Crippen LogP contribution in [-0.4, -0.2) is 47.3 Å². The summed E-state index contributed by atoms with van der Waals surface area (Å²) >= 11 is 6.05. The fourth-order valence-corrected chi connectivity index (χ4v) is 4.53. The van der Waals surface area contributed by atoms with Gasteiger partial charge in [0, 0.05) is 24.6 Å². The van der Waals surface area contributed by atoms with E-state index in [-0.39, 0.29) is 24.6 Å². The minimum atomic E-state index is -0.286. The Morgan fingerprint density at radius 1 is 1.12 bits per heavy atom. The Morgan fingerprint density at radius 3 is 2.64 bits per heavy atom. The van der Waals surface area contributed by atoms with Gasteiger partial charge in [0.2, 0.25) is 0 Å². The highest BCUT2D eigenvalue weighted by Crippen LogP contribution is 2.33. The standard InChI is InChI=1S/C25H26ClN3O4/c26-19-9-7-18(8-10-19)22-14-23(24-6-3-13-33-24)29(27-22)25(30)17-28(15-20-4-1-11-31-20)16-21-5-2-12-32-21/h1,3-4,6-11,13,21,23H,2,5,12,14-17H2. The average Bonchev–Trinajstić information content (AvgIpc) is 3.61. The molecule has 1 aromatic carbocycles. The predicted octanol–water partition coefficient (Wildman–Crippen LogP) is 4.88. The van der Waals surface area contributed by atoms with Crippen LogP contribution in [0.25, 0.3) is 0 Å². The van der Waals surface area contributed by atoms with Crippen molar-refractivity contribution in [3.8, 4) is 0 Å². The normalized spacial score (nSPS) is 20.5. The Bertz CT molecular complexity index is 1070. The monoisotopic (exact) mass is 467 g/mol. The van der Waals surface area contributed by atoms with Crippen molar-refractivity contribution in [2.24, 2.45) is 5.10 Å². The molecule has 0 saturated carbocycles. The summed E-state index contributed by atoms with van der Waals surface area (Å²) in [7, 11) is 0. The molecule has 172 valence electrons. The zero-order valence-corrected chi connectivity index (χ0v) is 19.0. The van der Waals surface area contributed by atoms with Crippen LogP contribution >= 0.6 is 11.6 Å². The molecule has 2 aliphatic heterocycles. The maximum atomic E-state index is 13.5. The maximum absolute atomic E-state index is 13.5. The molecular weight excluding hydrogens is 442 g/mol. The number of nitrogens with zero attached hydrogens (tertiary/aromatic N) is 3. The maximum Gasteiger partial charge on any atom is 0.257 e. The molecule has 2 unspecified atom stereocenters. The predicted molar refractivity (Wildman–Crippen MR) is 124 cm³/mol. The number of carbonyl (C=O) groups excluding carboxylic acids is 1. The van der Waals surface area contributed by atoms with E-state index in [9.17, 15) is 4.79 Å². The van der Waals surface area contributed by atoms with Crippen LogP contribution in [0.2, 0.25) is 5.02 Å². The molecule has 2 aliphatic rings. The molecule has 33 heavy (non-hydrogen) atoms. The lowest BCUT2D eigenvalue weighted by Crippen LogP contribution is -2.41. The molecule has 0 N–H and O–H groups in total. The third-order valence-electron chi connectivity index (χ3n) is 6.02. The van der Waals surface area contributed by atoms with Gasteiger partial charge >= 0.3 is 0 Å². The van der Waals surface area contributed by atoms with Crippen molar-refractivity contribution in [2.45, 2.75) is 38.0 Å². The van der Waals surface area contributed by atoms with Crippen LogP contribution in [0, 0.1) is 0 Å². The summed E-state index contributed by atoms with van der Waals surface area (Å²) in [5, 5.41) is 6.95. The first-order valence-electron chi connectivity index (χ1n) is 11.2. The lowest BCUT2D eigenvalue weighted by atomic mass is 10.0. The average molecular weight is 468 g/mol. The van der Waals surface area contributed by atoms with E-state index in [1.807, 2.05) is 48.5 Å². The summed E-state index contributed by atoms with van der Waals surface area (Å²) in [5.74, 6) is 1.44. The van der Waals surface area contributed by atoms with Crippen LogP contribution in [0.1, 0.15) is 42.4 Å². The van der Waals surface area contributed by atoms with Crippen molar-refractivity contribution in [3.05, 3.63) is 83.2 Å². The summed E-state index contributed by atoms with van der Waals surface area (Å²) in [6.45, 7) is 2.18. The smallest absolute Gasteiger partial charge is 0.257 e. The molecular formula is C25H26ClN3O4. The third-order valence-corrected chi connectivity index (χ3v) is 6.27. The lowest BCUT2D eigenvalue weighted by Gasteiger charge is -2.27. The quantitative estimate of drug-likeness (QED) is 0.472. The number of rotatable bonds is 8. The first-order chi connectivity index (χ1) is 16.2. The van der Waals surface area contributed by atoms with Crippen LogP contribution in [0.3, 0.4) is 0 Å². The van der Waals surface area contributed by atoms with Gasteiger partial charge < -0.3 is 13.6 Å². The van der Waals surface area contributed by atoms with Crippen molar-refractivity contribution in [1.82, 2.24) is 9.91 Å². The van der Waals surface area contributed by atoms with E-state index in [1.54, 1.807) is 17.5 Å². The molecule has 0 radical (unpaired) electrons. The second kappa shape index (κ2) is 9.95. The number of hydrazone groups is 1. The van der Waals surface area contributed by atoms with Gasteiger partial charge in [0.05, 0.1) is 37.4 Å². The Balaban J connectivity index is 1.37. The number of hydrogen-bond acceptors (Lipinski definition) is 6. The number of halogens is 1. The molecule has 0 spiro atoms. The highest BCUT2D eigenvalue weighted by molar-refractivity contribution is 6.30. The van der Waals surface area contributed by atoms with Crippen molar-refractivity contribution < 1.29 is 18.4 Å². The van der Waals surface area contributed by atoms with E-state index < -0.39 is 0 Å². The van der Waals surface area contributed by atoms with Crippen molar-refractivity contribution in [2.75, 3.05) is 19.7 Å². The summed E-state index contributed by atoms with van der Waals surface area (Å²) in [6, 6.07) is 14.7. The van der Waals surface area contributed by atoms with Gasteiger partial charge in [-0.3, -0.25) is 9.69 Å². The molecule has 2 aromatic heterocycles. The molecule has 1 amide bonds. The van der Waals surface area contributed by atoms with E-state index in [0.717, 1.165) is 36.5 Å². The van der Waals surface area contributed by atoms with E-state index in [2.05, 4.69) is 4.90 Å². The first-order valence-corrected chi connectivity index (χ1v) is 11.6. The van der Waals surface area contributed by atoms with E-state index in [4.69, 9.17) is 30.3 Å². The largest absolute Gasteiger partial charge is 0.468 e. The second-order valence-electron chi connectivity index (χ2n) is 8.41. The molecule has 2 atom stereocenters. The number of carbonyl (C=O) groups is 1. The topological polar surface area (TPSA) is 71.4 Å². The van der Waals surface area contributed by atoms with Crippen LogP contribution in [0.15, 0.2) is 75.0 Å². The molecule has 0 aliphatic carbocycles. The molecule has 8 heteroatoms. The summed E-state index contributed by atoms with van der Waals surface area (Å²) < 4.78 is 17.0. The number of amides is 1. The van der Waals surface area contributed by atoms with Crippen LogP contribution < -0.4 is 0 Å². The van der Waals surface area contributed by atoms with E-state index in [1.165, 1.54) is 0 Å². The molecule has 4 heterocycles. The van der Waals surface area contributed by atoms with Crippen LogP contribution in [0.5, 0.6) is 0 Å². The number of benzene rings is 1. The molecule has 7 nitrogen and oxygen atoms in total. The highest BCUT2D eigenvalue weighted by atomic mass is 35.5. The number of hydrogen-bond donors (Lipinski definition) is 0. The zero-order chi connectivity index (χ0) is 22.6. The summed E-state index contributed by atoms with van der Waals surface area (Å²) in [4.78, 5) is 15.6. The zero-order valence-electron chi connectivity index (χ0n) is 18.2. The second-order valence-corrected chi connectivity index (χ2v) is 8.85. The van der Waals surface area contributed by atoms with E-state index >= 15 is 0 Å². The SMILES string of the molecule is O=C(CN(Cc1ccco1)CC1CCCO1)N1N=C(c2ccc(Cl)cc2)CC1c1ccco1. The minimum Gasteiger partial charge on any atom is -0.468 e. The fraction of sp³-hybridized carbons (Fsp3) is 0.360. The summed E-state index contributed by atoms with van der Waals surface area (Å²) in [5.41, 5.74) is 1.77. The Morgan fingerprint density at radius 2 is 1.94 bits per heavy atom. The number of furan rings is 2. The molecule has 1 saturated heterocycles. The van der Waals surface area contributed by atoms with Gasteiger partial charge in [0.1, 0.15) is 17.6 Å². The first kappa shape index (κ1) is 21.9. The van der Waals surface area contributed by atoms with Crippen molar-refractivity contribution in [3.63, 3.8) is 0 Å². The van der Waals surface area contributed by atoms with Gasteiger partial charge in [-0.1, -0.05) is 23.7 Å². The van der Waals surface area contributed by atoms with Crippen molar-refractivity contribution >= 4 is 23.2 Å². The number of ether oxygens (including phenoxy) is 1.